The van der Waals surface area contributed by atoms with Crippen LogP contribution >= 0.6 is 27.5 Å². The van der Waals surface area contributed by atoms with E-state index in [4.69, 9.17) is 11.6 Å². The molecule has 0 amide bonds. The van der Waals surface area contributed by atoms with Crippen molar-refractivity contribution in [2.24, 2.45) is 5.92 Å². The van der Waals surface area contributed by atoms with Gasteiger partial charge in [0.1, 0.15) is 10.7 Å². The van der Waals surface area contributed by atoms with Crippen LogP contribution in [0.25, 0.3) is 0 Å². The minimum Gasteiger partial charge on any atom is -0.207 e. The smallest absolute Gasteiger partial charge is 0.207 e. The molecule has 1 saturated heterocycles. The van der Waals surface area contributed by atoms with Crippen molar-refractivity contribution in [2.75, 3.05) is 19.0 Å². The fourth-order valence-corrected chi connectivity index (χ4v) is 4.38. The highest BCUT2D eigenvalue weighted by molar-refractivity contribution is 9.10. The number of piperidine rings is 1. The molecule has 106 valence electrons. The number of benzene rings is 1. The molecular formula is C12H14BrClFNO2S. The van der Waals surface area contributed by atoms with Gasteiger partial charge < -0.3 is 0 Å². The minimum absolute atomic E-state index is 0.142. The summed E-state index contributed by atoms with van der Waals surface area (Å²) in [5.74, 6) is -0.166. The summed E-state index contributed by atoms with van der Waals surface area (Å²) in [6.45, 7) is 0.784. The first kappa shape index (κ1) is 15.2. The zero-order valence-electron chi connectivity index (χ0n) is 10.2. The van der Waals surface area contributed by atoms with Crippen molar-refractivity contribution in [3.63, 3.8) is 0 Å². The van der Waals surface area contributed by atoms with Gasteiger partial charge in [-0.15, -0.1) is 11.6 Å². The quantitative estimate of drug-likeness (QED) is 0.766. The second kappa shape index (κ2) is 6.08. The van der Waals surface area contributed by atoms with Gasteiger partial charge in [-0.3, -0.25) is 0 Å². The van der Waals surface area contributed by atoms with Gasteiger partial charge in [0, 0.05) is 23.4 Å². The molecule has 0 saturated carbocycles. The van der Waals surface area contributed by atoms with Gasteiger partial charge in [0.25, 0.3) is 0 Å². The monoisotopic (exact) mass is 369 g/mol. The molecule has 1 aromatic rings. The predicted octanol–water partition coefficient (Wildman–Crippen LogP) is 3.23. The first-order valence-corrected chi connectivity index (χ1v) is 8.73. The van der Waals surface area contributed by atoms with Gasteiger partial charge in [0.15, 0.2) is 0 Å². The summed E-state index contributed by atoms with van der Waals surface area (Å²) in [6.07, 6.45) is 1.67. The molecule has 0 radical (unpaired) electrons. The van der Waals surface area contributed by atoms with E-state index >= 15 is 0 Å². The molecule has 0 spiro atoms. The molecule has 1 atom stereocenters. The first-order chi connectivity index (χ1) is 8.95. The van der Waals surface area contributed by atoms with E-state index in [0.29, 0.717) is 23.4 Å². The third-order valence-corrected chi connectivity index (χ3v) is 6.04. The molecule has 1 fully saturated rings. The standard InChI is InChI=1S/C12H14BrClFNO2S/c13-10-3-4-12(11(15)6-10)19(17,18)16-5-1-2-9(7-14)8-16/h3-4,6,9H,1-2,5,7-8H2. The van der Waals surface area contributed by atoms with Gasteiger partial charge in [-0.1, -0.05) is 15.9 Å². The average molecular weight is 371 g/mol. The molecule has 1 aromatic carbocycles. The number of nitrogens with zero attached hydrogens (tertiary/aromatic N) is 1. The Balaban J connectivity index is 2.31. The molecule has 1 heterocycles. The molecule has 3 nitrogen and oxygen atoms in total. The maximum atomic E-state index is 13.8. The maximum Gasteiger partial charge on any atom is 0.245 e. The van der Waals surface area contributed by atoms with Gasteiger partial charge in [-0.05, 0) is 37.0 Å². The number of rotatable bonds is 3. The van der Waals surface area contributed by atoms with E-state index < -0.39 is 15.8 Å². The van der Waals surface area contributed by atoms with Crippen LogP contribution in [0, 0.1) is 11.7 Å². The van der Waals surface area contributed by atoms with Gasteiger partial charge in [-0.25, -0.2) is 12.8 Å². The average Bonchev–Trinajstić information content (AvgIpc) is 2.38. The van der Waals surface area contributed by atoms with Gasteiger partial charge >= 0.3 is 0 Å². The van der Waals surface area contributed by atoms with Crippen LogP contribution < -0.4 is 0 Å². The number of hydrogen-bond donors (Lipinski definition) is 0. The van der Waals surface area contributed by atoms with Crippen molar-refractivity contribution in [2.45, 2.75) is 17.7 Å². The normalized spacial score (nSPS) is 21.5. The number of alkyl halides is 1. The van der Waals surface area contributed by atoms with Crippen LogP contribution in [-0.2, 0) is 10.0 Å². The molecule has 19 heavy (non-hydrogen) atoms. The lowest BCUT2D eigenvalue weighted by Gasteiger charge is -2.31. The van der Waals surface area contributed by atoms with Crippen LogP contribution in [0.15, 0.2) is 27.6 Å². The van der Waals surface area contributed by atoms with Crippen LogP contribution in [0.2, 0.25) is 0 Å². The Hall–Kier alpha value is -0.170. The van der Waals surface area contributed by atoms with E-state index in [0.717, 1.165) is 18.9 Å². The highest BCUT2D eigenvalue weighted by atomic mass is 79.9. The van der Waals surface area contributed by atoms with Gasteiger partial charge in [-0.2, -0.15) is 4.31 Å². The van der Waals surface area contributed by atoms with Crippen LogP contribution in [0.1, 0.15) is 12.8 Å². The zero-order chi connectivity index (χ0) is 14.0. The summed E-state index contributed by atoms with van der Waals surface area (Å²) in [5, 5.41) is 0. The topological polar surface area (TPSA) is 37.4 Å². The van der Waals surface area contributed by atoms with Gasteiger partial charge in [0.05, 0.1) is 0 Å². The van der Waals surface area contributed by atoms with Crippen molar-refractivity contribution in [1.82, 2.24) is 4.31 Å². The first-order valence-electron chi connectivity index (χ1n) is 5.96. The van der Waals surface area contributed by atoms with Crippen LogP contribution in [0.5, 0.6) is 0 Å². The lowest BCUT2D eigenvalue weighted by atomic mass is 10.0. The zero-order valence-corrected chi connectivity index (χ0v) is 13.3. The Labute approximate surface area is 125 Å². The highest BCUT2D eigenvalue weighted by Gasteiger charge is 2.31. The number of halogens is 3. The largest absolute Gasteiger partial charge is 0.245 e. The Morgan fingerprint density at radius 2 is 2.21 bits per heavy atom. The Morgan fingerprint density at radius 1 is 1.47 bits per heavy atom. The molecule has 1 aliphatic rings. The second-order valence-corrected chi connectivity index (χ2v) is 7.73. The maximum absolute atomic E-state index is 13.8. The summed E-state index contributed by atoms with van der Waals surface area (Å²) in [5.41, 5.74) is 0. The molecule has 0 aromatic heterocycles. The lowest BCUT2D eigenvalue weighted by Crippen LogP contribution is -2.40. The molecular weight excluding hydrogens is 357 g/mol. The van der Waals surface area contributed by atoms with Crippen LogP contribution in [0.3, 0.4) is 0 Å². The lowest BCUT2D eigenvalue weighted by molar-refractivity contribution is 0.282. The van der Waals surface area contributed by atoms with Crippen molar-refractivity contribution in [3.8, 4) is 0 Å². The molecule has 0 bridgehead atoms. The third kappa shape index (κ3) is 3.29. The Bertz CT molecular complexity index is 567. The highest BCUT2D eigenvalue weighted by Crippen LogP contribution is 2.27. The fourth-order valence-electron chi connectivity index (χ4n) is 2.19. The Kier molecular flexibility index (Phi) is 4.87. The van der Waals surface area contributed by atoms with Crippen molar-refractivity contribution >= 4 is 37.6 Å². The Morgan fingerprint density at radius 3 is 2.84 bits per heavy atom. The van der Waals surface area contributed by atoms with Crippen LogP contribution in [0.4, 0.5) is 4.39 Å². The van der Waals surface area contributed by atoms with E-state index in [9.17, 15) is 12.8 Å². The van der Waals surface area contributed by atoms with Crippen molar-refractivity contribution < 1.29 is 12.8 Å². The molecule has 7 heteroatoms. The molecule has 0 N–H and O–H groups in total. The fraction of sp³-hybridized carbons (Fsp3) is 0.500. The van der Waals surface area contributed by atoms with Gasteiger partial charge in [0.2, 0.25) is 10.0 Å². The molecule has 1 unspecified atom stereocenters. The van der Waals surface area contributed by atoms with Crippen molar-refractivity contribution in [1.29, 1.82) is 0 Å². The summed E-state index contributed by atoms with van der Waals surface area (Å²) >= 11 is 8.91. The summed E-state index contributed by atoms with van der Waals surface area (Å²) in [6, 6.07) is 3.98. The molecule has 1 aliphatic heterocycles. The SMILES string of the molecule is O=S(=O)(c1ccc(Br)cc1F)N1CCCC(CCl)C1. The van der Waals surface area contributed by atoms with Crippen molar-refractivity contribution in [3.05, 3.63) is 28.5 Å². The summed E-state index contributed by atoms with van der Waals surface area (Å²) < 4.78 is 40.5. The van der Waals surface area contributed by atoms with Crippen LogP contribution in [-0.4, -0.2) is 31.7 Å². The summed E-state index contributed by atoms with van der Waals surface area (Å²) in [4.78, 5) is -0.272. The molecule has 2 rings (SSSR count). The minimum atomic E-state index is -3.77. The predicted molar refractivity (Wildman–Crippen MR) is 76.3 cm³/mol. The third-order valence-electron chi connectivity index (χ3n) is 3.21. The van der Waals surface area contributed by atoms with E-state index in [2.05, 4.69) is 15.9 Å². The number of sulfonamides is 1. The van der Waals surface area contributed by atoms with E-state index in [1.54, 1.807) is 0 Å². The van der Waals surface area contributed by atoms with E-state index in [1.165, 1.54) is 16.4 Å². The summed E-state index contributed by atoms with van der Waals surface area (Å²) in [7, 11) is -3.77. The van der Waals surface area contributed by atoms with E-state index in [1.807, 2.05) is 0 Å². The second-order valence-electron chi connectivity index (χ2n) is 4.60. The molecule has 0 aliphatic carbocycles. The number of hydrogen-bond acceptors (Lipinski definition) is 2. The van der Waals surface area contributed by atoms with E-state index in [-0.39, 0.29) is 10.8 Å².